The van der Waals surface area contributed by atoms with Crippen LogP contribution < -0.4 is 10.5 Å². The van der Waals surface area contributed by atoms with Crippen LogP contribution in [0.15, 0.2) is 24.3 Å². The minimum atomic E-state index is 0.241. The topological polar surface area (TPSA) is 61.0 Å². The van der Waals surface area contributed by atoms with Crippen molar-refractivity contribution in [3.63, 3.8) is 0 Å². The van der Waals surface area contributed by atoms with E-state index in [1.54, 1.807) is 18.2 Å². The van der Waals surface area contributed by atoms with Crippen molar-refractivity contribution in [1.29, 1.82) is 0 Å². The predicted octanol–water partition coefficient (Wildman–Crippen LogP) is 3.81. The fourth-order valence-electron chi connectivity index (χ4n) is 1.78. The summed E-state index contributed by atoms with van der Waals surface area (Å²) in [5.74, 6) is 2.15. The van der Waals surface area contributed by atoms with Gasteiger partial charge in [0.1, 0.15) is 11.6 Å². The molecular weight excluding hydrogens is 274 g/mol. The first-order valence-corrected chi connectivity index (χ1v) is 6.89. The summed E-state index contributed by atoms with van der Waals surface area (Å²) in [5, 5.41) is 0.604. The quantitative estimate of drug-likeness (QED) is 0.930. The maximum Gasteiger partial charge on any atom is 0.222 e. The highest BCUT2D eigenvalue weighted by atomic mass is 35.5. The molecule has 0 unspecified atom stereocenters. The molecule has 0 bridgehead atoms. The molecule has 0 amide bonds. The van der Waals surface area contributed by atoms with Crippen LogP contribution in [0.5, 0.6) is 11.6 Å². The largest absolute Gasteiger partial charge is 0.439 e. The van der Waals surface area contributed by atoms with Crippen LogP contribution in [0.3, 0.4) is 0 Å². The van der Waals surface area contributed by atoms with Gasteiger partial charge in [-0.2, -0.15) is 4.98 Å². The number of benzene rings is 1. The Bertz CT molecular complexity index is 614. The van der Waals surface area contributed by atoms with Gasteiger partial charge in [-0.1, -0.05) is 31.5 Å². The SMILES string of the molecule is Cc1cc(Oc2cc(Cl)ccc2CN)nc(C(C)C)n1. The summed E-state index contributed by atoms with van der Waals surface area (Å²) in [6, 6.07) is 7.19. The van der Waals surface area contributed by atoms with Crippen molar-refractivity contribution in [1.82, 2.24) is 9.97 Å². The number of rotatable bonds is 4. The molecule has 1 aromatic carbocycles. The molecule has 0 aliphatic carbocycles. The highest BCUT2D eigenvalue weighted by Gasteiger charge is 2.10. The summed E-state index contributed by atoms with van der Waals surface area (Å²) in [6.07, 6.45) is 0. The van der Waals surface area contributed by atoms with E-state index in [9.17, 15) is 0 Å². The minimum absolute atomic E-state index is 0.241. The second-order valence-electron chi connectivity index (χ2n) is 4.92. The standard InChI is InChI=1S/C15H18ClN3O/c1-9(2)15-18-10(3)6-14(19-15)20-13-7-12(16)5-4-11(13)8-17/h4-7,9H,8,17H2,1-3H3. The van der Waals surface area contributed by atoms with Crippen molar-refractivity contribution in [3.8, 4) is 11.6 Å². The van der Waals surface area contributed by atoms with Crippen molar-refractivity contribution in [2.75, 3.05) is 0 Å². The lowest BCUT2D eigenvalue weighted by Gasteiger charge is -2.12. The molecule has 0 aliphatic heterocycles. The molecule has 0 saturated heterocycles. The van der Waals surface area contributed by atoms with Crippen LogP contribution in [0, 0.1) is 6.92 Å². The lowest BCUT2D eigenvalue weighted by atomic mass is 10.2. The molecule has 0 atom stereocenters. The van der Waals surface area contributed by atoms with Gasteiger partial charge in [-0.25, -0.2) is 4.98 Å². The second-order valence-corrected chi connectivity index (χ2v) is 5.36. The van der Waals surface area contributed by atoms with Crippen LogP contribution in [0.2, 0.25) is 5.02 Å². The zero-order chi connectivity index (χ0) is 14.7. The van der Waals surface area contributed by atoms with Crippen molar-refractivity contribution in [2.45, 2.75) is 33.2 Å². The van der Waals surface area contributed by atoms with E-state index in [4.69, 9.17) is 22.1 Å². The fraction of sp³-hybridized carbons (Fsp3) is 0.333. The fourth-order valence-corrected chi connectivity index (χ4v) is 1.94. The summed E-state index contributed by atoms with van der Waals surface area (Å²) in [6.45, 7) is 6.39. The minimum Gasteiger partial charge on any atom is -0.439 e. The third-order valence-electron chi connectivity index (χ3n) is 2.83. The first-order chi connectivity index (χ1) is 9.49. The number of nitrogens with zero attached hydrogens (tertiary/aromatic N) is 2. The lowest BCUT2D eigenvalue weighted by Crippen LogP contribution is -2.03. The van der Waals surface area contributed by atoms with Gasteiger partial charge in [-0.05, 0) is 19.1 Å². The van der Waals surface area contributed by atoms with Gasteiger partial charge in [-0.3, -0.25) is 0 Å². The summed E-state index contributed by atoms with van der Waals surface area (Å²) in [5.41, 5.74) is 7.46. The van der Waals surface area contributed by atoms with E-state index in [0.717, 1.165) is 17.1 Å². The van der Waals surface area contributed by atoms with Crippen LogP contribution in [0.4, 0.5) is 0 Å². The summed E-state index contributed by atoms with van der Waals surface area (Å²) in [4.78, 5) is 8.81. The Balaban J connectivity index is 2.37. The first kappa shape index (κ1) is 14.8. The van der Waals surface area contributed by atoms with Gasteiger partial charge in [0.2, 0.25) is 5.88 Å². The third-order valence-corrected chi connectivity index (χ3v) is 3.06. The molecule has 2 rings (SSSR count). The van der Waals surface area contributed by atoms with E-state index in [2.05, 4.69) is 9.97 Å². The van der Waals surface area contributed by atoms with E-state index in [1.807, 2.05) is 26.8 Å². The number of aryl methyl sites for hydroxylation is 1. The number of hydrogen-bond acceptors (Lipinski definition) is 4. The highest BCUT2D eigenvalue weighted by molar-refractivity contribution is 6.30. The molecule has 0 aliphatic rings. The van der Waals surface area contributed by atoms with Crippen LogP contribution in [0.1, 0.15) is 36.8 Å². The van der Waals surface area contributed by atoms with E-state index in [1.165, 1.54) is 0 Å². The van der Waals surface area contributed by atoms with Gasteiger partial charge in [0.15, 0.2) is 0 Å². The highest BCUT2D eigenvalue weighted by Crippen LogP contribution is 2.28. The van der Waals surface area contributed by atoms with Crippen LogP contribution in [-0.2, 0) is 6.54 Å². The van der Waals surface area contributed by atoms with E-state index < -0.39 is 0 Å². The van der Waals surface area contributed by atoms with Crippen molar-refractivity contribution in [3.05, 3.63) is 46.4 Å². The molecule has 2 aromatic rings. The maximum atomic E-state index is 6.00. The Morgan fingerprint density at radius 2 is 2.00 bits per heavy atom. The molecule has 0 spiro atoms. The van der Waals surface area contributed by atoms with Gasteiger partial charge < -0.3 is 10.5 Å². The molecule has 0 saturated carbocycles. The molecule has 1 aromatic heterocycles. The summed E-state index contributed by atoms with van der Waals surface area (Å²) < 4.78 is 5.84. The van der Waals surface area contributed by atoms with Crippen molar-refractivity contribution < 1.29 is 4.74 Å². The normalized spacial score (nSPS) is 10.9. The summed E-state index contributed by atoms with van der Waals surface area (Å²) in [7, 11) is 0. The van der Waals surface area contributed by atoms with Crippen LogP contribution in [0.25, 0.3) is 0 Å². The first-order valence-electron chi connectivity index (χ1n) is 6.51. The van der Waals surface area contributed by atoms with Gasteiger partial charge in [0, 0.05) is 34.8 Å². The lowest BCUT2D eigenvalue weighted by molar-refractivity contribution is 0.450. The molecule has 106 valence electrons. The number of nitrogens with two attached hydrogens (primary N) is 1. The van der Waals surface area contributed by atoms with E-state index in [-0.39, 0.29) is 5.92 Å². The number of hydrogen-bond donors (Lipinski definition) is 1. The monoisotopic (exact) mass is 291 g/mol. The molecule has 4 nitrogen and oxygen atoms in total. The molecule has 2 N–H and O–H groups in total. The third kappa shape index (κ3) is 3.46. The Morgan fingerprint density at radius 1 is 1.25 bits per heavy atom. The molecule has 0 radical (unpaired) electrons. The van der Waals surface area contributed by atoms with E-state index in [0.29, 0.717) is 23.2 Å². The summed E-state index contributed by atoms with van der Waals surface area (Å²) >= 11 is 6.00. The smallest absolute Gasteiger partial charge is 0.222 e. The van der Waals surface area contributed by atoms with Gasteiger partial charge >= 0.3 is 0 Å². The molecular formula is C15H18ClN3O. The van der Waals surface area contributed by atoms with Crippen molar-refractivity contribution in [2.24, 2.45) is 5.73 Å². The molecule has 1 heterocycles. The van der Waals surface area contributed by atoms with Gasteiger partial charge in [0.25, 0.3) is 0 Å². The van der Waals surface area contributed by atoms with Crippen LogP contribution >= 0.6 is 11.6 Å². The average molecular weight is 292 g/mol. The molecule has 20 heavy (non-hydrogen) atoms. The van der Waals surface area contributed by atoms with E-state index >= 15 is 0 Å². The Kier molecular flexibility index (Phi) is 4.57. The second kappa shape index (κ2) is 6.20. The Labute approximate surface area is 124 Å². The zero-order valence-corrected chi connectivity index (χ0v) is 12.6. The van der Waals surface area contributed by atoms with Crippen LogP contribution in [-0.4, -0.2) is 9.97 Å². The Morgan fingerprint density at radius 3 is 2.65 bits per heavy atom. The van der Waals surface area contributed by atoms with Gasteiger partial charge in [-0.15, -0.1) is 0 Å². The maximum absolute atomic E-state index is 6.00. The number of aromatic nitrogens is 2. The number of halogens is 1. The average Bonchev–Trinajstić information content (AvgIpc) is 2.38. The predicted molar refractivity (Wildman–Crippen MR) is 80.3 cm³/mol. The van der Waals surface area contributed by atoms with Gasteiger partial charge in [0.05, 0.1) is 0 Å². The molecule has 5 heteroatoms. The number of ether oxygens (including phenoxy) is 1. The zero-order valence-electron chi connectivity index (χ0n) is 11.9. The molecule has 0 fully saturated rings. The Hall–Kier alpha value is -1.65. The van der Waals surface area contributed by atoms with Crippen molar-refractivity contribution >= 4 is 11.6 Å².